The Kier molecular flexibility index (Phi) is 4.14. The van der Waals surface area contributed by atoms with Gasteiger partial charge in [-0.25, -0.2) is 0 Å². The lowest BCUT2D eigenvalue weighted by Crippen LogP contribution is -2.12. The average molecular weight is 101 g/mol. The largest absolute Gasteiger partial charge is 0.394 e. The van der Waals surface area contributed by atoms with Gasteiger partial charge in [0, 0.05) is 0 Å². The smallest absolute Gasteiger partial charge is 0.109 e. The third kappa shape index (κ3) is 3.82. The number of aliphatic hydroxyl groups is 2. The lowest BCUT2D eigenvalue weighted by atomic mass is 9.76. The van der Waals surface area contributed by atoms with E-state index in [9.17, 15) is 0 Å². The second kappa shape index (κ2) is 4.15. The number of hydrogen-bond donors (Lipinski definition) is 2. The minimum absolute atomic E-state index is 0.135. The fraction of sp³-hybridized carbons (Fsp3) is 1.00. The molecule has 0 saturated heterocycles. The molecule has 0 fully saturated rings. The van der Waals surface area contributed by atoms with Crippen LogP contribution >= 0.6 is 0 Å². The van der Waals surface area contributed by atoms with Crippen LogP contribution in [-0.2, 0) is 0 Å². The first kappa shape index (κ1) is 6.98. The summed E-state index contributed by atoms with van der Waals surface area (Å²) >= 11 is 0. The lowest BCUT2D eigenvalue weighted by Gasteiger charge is -2.00. The summed E-state index contributed by atoms with van der Waals surface area (Å²) in [5, 5.41) is 16.8. The molecule has 0 heterocycles. The molecule has 1 radical (unpaired) electrons. The monoisotopic (exact) mass is 101 g/mol. The number of aliphatic hydroxyl groups excluding tert-OH is 2. The van der Waals surface area contributed by atoms with Crippen LogP contribution in [0.1, 0.15) is 0 Å². The van der Waals surface area contributed by atoms with E-state index in [-0.39, 0.29) is 6.61 Å². The summed E-state index contributed by atoms with van der Waals surface area (Å²) in [7, 11) is 1.82. The van der Waals surface area contributed by atoms with Crippen LogP contribution in [-0.4, -0.2) is 30.2 Å². The van der Waals surface area contributed by atoms with Crippen molar-refractivity contribution in [1.29, 1.82) is 0 Å². The van der Waals surface area contributed by atoms with Crippen LogP contribution in [0.5, 0.6) is 0 Å². The number of rotatable bonds is 3. The zero-order chi connectivity index (χ0) is 5.70. The molecule has 0 rings (SSSR count). The summed E-state index contributed by atoms with van der Waals surface area (Å²) in [6.45, 7) is 1.71. The Morgan fingerprint density at radius 2 is 2.29 bits per heavy atom. The Bertz CT molecular complexity index is 40.7. The van der Waals surface area contributed by atoms with Crippen LogP contribution in [0.2, 0.25) is 13.1 Å². The highest BCUT2D eigenvalue weighted by molar-refractivity contribution is 6.33. The molecule has 0 aliphatic rings. The fourth-order valence-electron chi connectivity index (χ4n) is 0.347. The molecule has 2 N–H and O–H groups in total. The summed E-state index contributed by atoms with van der Waals surface area (Å²) < 4.78 is 0. The van der Waals surface area contributed by atoms with Crippen molar-refractivity contribution in [2.45, 2.75) is 19.2 Å². The molecule has 7 heavy (non-hydrogen) atoms. The summed E-state index contributed by atoms with van der Waals surface area (Å²) in [5.74, 6) is 0. The van der Waals surface area contributed by atoms with E-state index in [1.807, 2.05) is 14.1 Å². The van der Waals surface area contributed by atoms with E-state index in [0.717, 1.165) is 0 Å². The first-order chi connectivity index (χ1) is 3.31. The molecule has 0 aromatic rings. The van der Waals surface area contributed by atoms with Crippen molar-refractivity contribution >= 4 is 7.28 Å². The molecule has 0 aromatic heterocycles. The minimum Gasteiger partial charge on any atom is -0.394 e. The molecule has 0 spiro atoms. The zero-order valence-electron chi connectivity index (χ0n) is 4.46. The molecule has 0 aromatic carbocycles. The Balaban J connectivity index is 2.83. The van der Waals surface area contributed by atoms with Gasteiger partial charge in [0.2, 0.25) is 0 Å². The Morgan fingerprint density at radius 3 is 2.43 bits per heavy atom. The van der Waals surface area contributed by atoms with Gasteiger partial charge in [-0.2, -0.15) is 0 Å². The number of hydrogen-bond acceptors (Lipinski definition) is 2. The third-order valence-corrected chi connectivity index (χ3v) is 0.719. The normalized spacial score (nSPS) is 13.6. The molecule has 0 aliphatic carbocycles. The van der Waals surface area contributed by atoms with E-state index >= 15 is 0 Å². The van der Waals surface area contributed by atoms with Gasteiger partial charge in [-0.3, -0.25) is 0 Å². The summed E-state index contributed by atoms with van der Waals surface area (Å²) in [6.07, 6.45) is 0.0289. The highest BCUT2D eigenvalue weighted by Crippen LogP contribution is 1.86. The van der Waals surface area contributed by atoms with E-state index in [4.69, 9.17) is 10.2 Å². The van der Waals surface area contributed by atoms with Gasteiger partial charge in [0.05, 0.1) is 12.7 Å². The Hall–Kier alpha value is -0.0151. The highest BCUT2D eigenvalue weighted by Gasteiger charge is 1.96. The molecule has 1 atom stereocenters. The molecule has 0 aliphatic heterocycles. The minimum atomic E-state index is -0.551. The van der Waals surface area contributed by atoms with Crippen LogP contribution in [0.3, 0.4) is 0 Å². The maximum Gasteiger partial charge on any atom is 0.109 e. The van der Waals surface area contributed by atoms with Gasteiger partial charge in [0.15, 0.2) is 0 Å². The Morgan fingerprint density at radius 1 is 1.71 bits per heavy atom. The zero-order valence-corrected chi connectivity index (χ0v) is 4.46. The van der Waals surface area contributed by atoms with Crippen molar-refractivity contribution in [2.75, 3.05) is 6.61 Å². The molecular formula is C4H10BO2. The van der Waals surface area contributed by atoms with Gasteiger partial charge in [-0.15, -0.1) is 0 Å². The van der Waals surface area contributed by atoms with E-state index in [1.54, 1.807) is 0 Å². The Labute approximate surface area is 44.4 Å². The summed E-state index contributed by atoms with van der Waals surface area (Å²) in [4.78, 5) is 0. The van der Waals surface area contributed by atoms with Gasteiger partial charge in [0.1, 0.15) is 7.28 Å². The molecule has 3 heteroatoms. The molecular weight excluding hydrogens is 90.9 g/mol. The quantitative estimate of drug-likeness (QED) is 0.471. The van der Waals surface area contributed by atoms with Crippen LogP contribution in [0.15, 0.2) is 0 Å². The molecule has 0 bridgehead atoms. The topological polar surface area (TPSA) is 40.5 Å². The van der Waals surface area contributed by atoms with Crippen molar-refractivity contribution in [1.82, 2.24) is 0 Å². The van der Waals surface area contributed by atoms with Crippen LogP contribution in [0.4, 0.5) is 0 Å². The molecule has 2 nitrogen and oxygen atoms in total. The first-order valence-electron chi connectivity index (χ1n) is 2.38. The van der Waals surface area contributed by atoms with Crippen molar-refractivity contribution in [2.24, 2.45) is 0 Å². The summed E-state index contributed by atoms with van der Waals surface area (Å²) in [6, 6.07) is 0. The molecule has 0 amide bonds. The average Bonchev–Trinajstić information content (AvgIpc) is 1.68. The maximum absolute atomic E-state index is 8.58. The van der Waals surface area contributed by atoms with Gasteiger partial charge in [-0.1, -0.05) is 13.1 Å². The van der Waals surface area contributed by atoms with Crippen molar-refractivity contribution in [3.8, 4) is 0 Å². The SMILES string of the molecule is C[B]CC(O)CO. The predicted molar refractivity (Wildman–Crippen MR) is 29.5 cm³/mol. The lowest BCUT2D eigenvalue weighted by molar-refractivity contribution is 0.110. The van der Waals surface area contributed by atoms with Gasteiger partial charge < -0.3 is 10.2 Å². The van der Waals surface area contributed by atoms with E-state index in [1.165, 1.54) is 0 Å². The van der Waals surface area contributed by atoms with Crippen molar-refractivity contribution in [3.63, 3.8) is 0 Å². The second-order valence-corrected chi connectivity index (χ2v) is 1.48. The van der Waals surface area contributed by atoms with Crippen LogP contribution in [0.25, 0.3) is 0 Å². The fourth-order valence-corrected chi connectivity index (χ4v) is 0.347. The van der Waals surface area contributed by atoms with Crippen molar-refractivity contribution < 1.29 is 10.2 Å². The molecule has 1 unspecified atom stereocenters. The first-order valence-corrected chi connectivity index (χ1v) is 2.38. The van der Waals surface area contributed by atoms with Crippen LogP contribution in [0, 0.1) is 0 Å². The van der Waals surface area contributed by atoms with Gasteiger partial charge >= 0.3 is 0 Å². The molecule has 41 valence electrons. The maximum atomic E-state index is 8.58. The summed E-state index contributed by atoms with van der Waals surface area (Å²) in [5.41, 5.74) is 0. The van der Waals surface area contributed by atoms with Gasteiger partial charge in [0.25, 0.3) is 0 Å². The van der Waals surface area contributed by atoms with E-state index in [2.05, 4.69) is 0 Å². The van der Waals surface area contributed by atoms with E-state index < -0.39 is 6.10 Å². The highest BCUT2D eigenvalue weighted by atomic mass is 16.3. The standard InChI is InChI=1S/C4H10BO2/c1-5-2-4(7)3-6/h4,6-7H,2-3H2,1H3. The second-order valence-electron chi connectivity index (χ2n) is 1.48. The van der Waals surface area contributed by atoms with Crippen LogP contribution < -0.4 is 0 Å². The van der Waals surface area contributed by atoms with Gasteiger partial charge in [-0.05, 0) is 0 Å². The predicted octanol–water partition coefficient (Wildman–Crippen LogP) is -0.490. The third-order valence-electron chi connectivity index (χ3n) is 0.719. The molecule has 0 saturated carbocycles. The van der Waals surface area contributed by atoms with E-state index in [0.29, 0.717) is 6.32 Å². The van der Waals surface area contributed by atoms with Crippen molar-refractivity contribution in [3.05, 3.63) is 0 Å².